The Morgan fingerprint density at radius 3 is 0.979 bits per heavy atom. The van der Waals surface area contributed by atoms with Gasteiger partial charge in [0.15, 0.2) is 6.17 Å². The Balaban J connectivity index is 1.80. The summed E-state index contributed by atoms with van der Waals surface area (Å²) in [5.74, 6) is 0. The predicted molar refractivity (Wildman–Crippen MR) is 206 cm³/mol. The van der Waals surface area contributed by atoms with E-state index in [2.05, 4.69) is 81.4 Å². The first-order chi connectivity index (χ1) is 23.3. The molecule has 0 aromatic heterocycles. The van der Waals surface area contributed by atoms with Crippen molar-refractivity contribution in [2.75, 3.05) is 23.3 Å². The number of unbranched alkanes of at least 4 members (excludes halogenated alkanes) is 22. The molecule has 0 N–H and O–H groups in total. The third-order valence-electron chi connectivity index (χ3n) is 9.28. The maximum absolute atomic E-state index is 6.57. The van der Waals surface area contributed by atoms with Crippen molar-refractivity contribution in [2.45, 2.75) is 181 Å². The zero-order valence-electron chi connectivity index (χ0n) is 30.9. The summed E-state index contributed by atoms with van der Waals surface area (Å²) < 4.78 is 0. The molecular weight excluding hydrogens is 576 g/mol. The number of benzene rings is 2. The number of hydrogen-bond donors (Lipinski definition) is 0. The first kappa shape index (κ1) is 41.1. The Morgan fingerprint density at radius 1 is 0.426 bits per heavy atom. The number of hydroxylamine groups is 2. The zero-order valence-corrected chi connectivity index (χ0v) is 30.9. The van der Waals surface area contributed by atoms with Gasteiger partial charge in [0.25, 0.3) is 0 Å². The van der Waals surface area contributed by atoms with Crippen LogP contribution in [0.3, 0.4) is 0 Å². The molecule has 1 radical (unpaired) electrons. The topological polar surface area (TPSA) is 24.9 Å². The standard InChI is InChI=1S/C43H73N2O2/c1-4-7-9-11-13-15-17-19-21-23-25-33-39-46-44(41-35-29-27-30-36-41)43(6-3)45(42-37-31-28-32-38-42)47-40-34-26-24-22-20-18-16-14-12-10-8-5-2/h27-32,35-38,43H,3-26,33-34,39-40H2,1-2H3. The molecular formula is C43H73N2O2. The van der Waals surface area contributed by atoms with Crippen LogP contribution in [0.25, 0.3) is 0 Å². The minimum atomic E-state index is -0.172. The van der Waals surface area contributed by atoms with Crippen molar-refractivity contribution >= 4 is 11.4 Å². The fourth-order valence-corrected chi connectivity index (χ4v) is 6.36. The van der Waals surface area contributed by atoms with Gasteiger partial charge in [0.2, 0.25) is 0 Å². The Morgan fingerprint density at radius 2 is 0.702 bits per heavy atom. The minimum Gasteiger partial charge on any atom is -0.271 e. The van der Waals surface area contributed by atoms with Crippen molar-refractivity contribution < 1.29 is 9.68 Å². The van der Waals surface area contributed by atoms with E-state index in [0.29, 0.717) is 19.6 Å². The van der Waals surface area contributed by atoms with E-state index in [0.717, 1.165) is 24.2 Å². The minimum absolute atomic E-state index is 0.172. The second-order valence-electron chi connectivity index (χ2n) is 13.5. The smallest absolute Gasteiger partial charge is 0.152 e. The Labute approximate surface area is 291 Å². The maximum atomic E-state index is 6.57. The van der Waals surface area contributed by atoms with Crippen LogP contribution in [-0.2, 0) is 9.68 Å². The SMILES string of the molecule is [CH2]CC(N(OCCCCCCCCCCCCCC)c1ccccc1)N(OCCCCCCCCCCCCCC)c1ccccc1. The molecule has 0 heterocycles. The van der Waals surface area contributed by atoms with E-state index in [9.17, 15) is 0 Å². The van der Waals surface area contributed by atoms with Crippen molar-refractivity contribution in [2.24, 2.45) is 0 Å². The largest absolute Gasteiger partial charge is 0.271 e. The molecule has 0 spiro atoms. The molecule has 0 aliphatic rings. The van der Waals surface area contributed by atoms with E-state index >= 15 is 0 Å². The third-order valence-corrected chi connectivity index (χ3v) is 9.28. The molecule has 0 amide bonds. The first-order valence-electron chi connectivity index (χ1n) is 20.0. The summed E-state index contributed by atoms with van der Waals surface area (Å²) >= 11 is 0. The fraction of sp³-hybridized carbons (Fsp3) is 0.698. The second kappa shape index (κ2) is 30.1. The molecule has 0 unspecified atom stereocenters. The van der Waals surface area contributed by atoms with Crippen molar-refractivity contribution in [1.82, 2.24) is 0 Å². The summed E-state index contributed by atoms with van der Waals surface area (Å²) in [5.41, 5.74) is 2.07. The van der Waals surface area contributed by atoms with E-state index in [1.54, 1.807) is 0 Å². The van der Waals surface area contributed by atoms with Crippen molar-refractivity contribution in [1.29, 1.82) is 0 Å². The highest BCUT2D eigenvalue weighted by molar-refractivity contribution is 5.50. The van der Waals surface area contributed by atoms with Gasteiger partial charge < -0.3 is 0 Å². The summed E-state index contributed by atoms with van der Waals surface area (Å²) in [4.78, 5) is 13.1. The average molecular weight is 650 g/mol. The van der Waals surface area contributed by atoms with E-state index in [1.807, 2.05) is 10.1 Å². The molecule has 0 saturated heterocycles. The molecule has 0 atom stereocenters. The molecule has 4 nitrogen and oxygen atoms in total. The molecule has 4 heteroatoms. The van der Waals surface area contributed by atoms with Gasteiger partial charge in [-0.2, -0.15) is 0 Å². The Kier molecular flexibility index (Phi) is 26.3. The van der Waals surface area contributed by atoms with E-state index in [-0.39, 0.29) is 6.17 Å². The molecule has 2 aromatic carbocycles. The number of hydrogen-bond acceptors (Lipinski definition) is 4. The van der Waals surface area contributed by atoms with Crippen molar-refractivity contribution in [3.05, 3.63) is 67.6 Å². The summed E-state index contributed by atoms with van der Waals surface area (Å²) in [5, 5.41) is 4.08. The van der Waals surface area contributed by atoms with E-state index < -0.39 is 0 Å². The lowest BCUT2D eigenvalue weighted by Crippen LogP contribution is -2.49. The van der Waals surface area contributed by atoms with Gasteiger partial charge in [0.1, 0.15) is 0 Å². The Hall–Kier alpha value is -2.04. The highest BCUT2D eigenvalue weighted by Crippen LogP contribution is 2.27. The lowest BCUT2D eigenvalue weighted by atomic mass is 10.1. The van der Waals surface area contributed by atoms with Crippen molar-refractivity contribution in [3.63, 3.8) is 0 Å². The van der Waals surface area contributed by atoms with Gasteiger partial charge in [-0.05, 0) is 50.5 Å². The van der Waals surface area contributed by atoms with Crippen LogP contribution < -0.4 is 10.1 Å². The maximum Gasteiger partial charge on any atom is 0.152 e. The summed E-state index contributed by atoms with van der Waals surface area (Å²) in [6.45, 7) is 10.3. The lowest BCUT2D eigenvalue weighted by molar-refractivity contribution is 0.0232. The summed E-state index contributed by atoms with van der Waals surface area (Å²) in [6, 6.07) is 20.9. The van der Waals surface area contributed by atoms with Gasteiger partial charge in [0, 0.05) is 0 Å². The lowest BCUT2D eigenvalue weighted by Gasteiger charge is -2.39. The quantitative estimate of drug-likeness (QED) is 0.0436. The van der Waals surface area contributed by atoms with Crippen LogP contribution in [0.4, 0.5) is 11.4 Å². The van der Waals surface area contributed by atoms with Crippen LogP contribution in [-0.4, -0.2) is 19.4 Å². The molecule has 0 aliphatic carbocycles. The molecule has 2 rings (SSSR count). The third kappa shape index (κ3) is 20.2. The predicted octanol–water partition coefficient (Wildman–Crippen LogP) is 13.8. The van der Waals surface area contributed by atoms with Gasteiger partial charge >= 0.3 is 0 Å². The Bertz CT molecular complexity index is 835. The first-order valence-corrected chi connectivity index (χ1v) is 20.0. The van der Waals surface area contributed by atoms with Crippen LogP contribution in [0.15, 0.2) is 60.7 Å². The second-order valence-corrected chi connectivity index (χ2v) is 13.5. The summed E-state index contributed by atoms with van der Waals surface area (Å²) in [6.07, 6.45) is 32.6. The normalized spacial score (nSPS) is 11.4. The molecule has 0 bridgehead atoms. The highest BCUT2D eigenvalue weighted by atomic mass is 16.7. The van der Waals surface area contributed by atoms with Gasteiger partial charge in [-0.25, -0.2) is 10.1 Å². The molecule has 267 valence electrons. The van der Waals surface area contributed by atoms with E-state index in [1.165, 1.54) is 141 Å². The molecule has 0 saturated carbocycles. The van der Waals surface area contributed by atoms with Gasteiger partial charge in [0.05, 0.1) is 24.6 Å². The molecule has 47 heavy (non-hydrogen) atoms. The van der Waals surface area contributed by atoms with Gasteiger partial charge in [-0.1, -0.05) is 192 Å². The van der Waals surface area contributed by atoms with Gasteiger partial charge in [-0.15, -0.1) is 0 Å². The van der Waals surface area contributed by atoms with Crippen LogP contribution in [0, 0.1) is 6.92 Å². The number of anilines is 2. The van der Waals surface area contributed by atoms with Crippen LogP contribution in [0.5, 0.6) is 0 Å². The van der Waals surface area contributed by atoms with Crippen LogP contribution >= 0.6 is 0 Å². The fourth-order valence-electron chi connectivity index (χ4n) is 6.36. The highest BCUT2D eigenvalue weighted by Gasteiger charge is 2.27. The number of rotatable bonds is 33. The number of para-hydroxylation sites is 2. The van der Waals surface area contributed by atoms with E-state index in [4.69, 9.17) is 9.68 Å². The zero-order chi connectivity index (χ0) is 33.5. The molecule has 0 aliphatic heterocycles. The van der Waals surface area contributed by atoms with Crippen LogP contribution in [0.2, 0.25) is 0 Å². The van der Waals surface area contributed by atoms with Gasteiger partial charge in [-0.3, -0.25) is 9.68 Å². The summed E-state index contributed by atoms with van der Waals surface area (Å²) in [7, 11) is 0. The number of nitrogens with zero attached hydrogens (tertiary/aromatic N) is 2. The molecule has 0 fully saturated rings. The monoisotopic (exact) mass is 650 g/mol. The van der Waals surface area contributed by atoms with Crippen LogP contribution in [0.1, 0.15) is 174 Å². The average Bonchev–Trinajstić information content (AvgIpc) is 3.11. The van der Waals surface area contributed by atoms with Crippen molar-refractivity contribution in [3.8, 4) is 0 Å². The molecule has 2 aromatic rings.